The molecule has 0 spiro atoms. The molecule has 0 radical (unpaired) electrons. The van der Waals surface area contributed by atoms with E-state index in [2.05, 4.69) is 42.3 Å². The number of ether oxygens (including phenoxy) is 1. The highest BCUT2D eigenvalue weighted by Gasteiger charge is 2.39. The lowest BCUT2D eigenvalue weighted by Crippen LogP contribution is -2.42. The Hall–Kier alpha value is -1.61. The Bertz CT molecular complexity index is 564. The summed E-state index contributed by atoms with van der Waals surface area (Å²) in [6, 6.07) is 10.7. The molecule has 1 saturated heterocycles. The van der Waals surface area contributed by atoms with Gasteiger partial charge in [0.05, 0.1) is 12.5 Å². The molecule has 1 heterocycles. The minimum Gasteiger partial charge on any atom is -0.466 e. The molecule has 0 bridgehead atoms. The van der Waals surface area contributed by atoms with Crippen molar-refractivity contribution in [2.45, 2.75) is 26.2 Å². The van der Waals surface area contributed by atoms with Gasteiger partial charge in [-0.25, -0.2) is 0 Å². The number of nitrogens with zero attached hydrogens (tertiary/aromatic N) is 1. The number of esters is 1. The van der Waals surface area contributed by atoms with Crippen LogP contribution in [0.3, 0.4) is 0 Å². The van der Waals surface area contributed by atoms with Gasteiger partial charge in [-0.3, -0.25) is 4.79 Å². The zero-order valence-corrected chi connectivity index (χ0v) is 13.5. The summed E-state index contributed by atoms with van der Waals surface area (Å²) in [6.07, 6.45) is 2.97. The highest BCUT2D eigenvalue weighted by Crippen LogP contribution is 2.43. The van der Waals surface area contributed by atoms with Crippen LogP contribution in [0.5, 0.6) is 0 Å². The summed E-state index contributed by atoms with van der Waals surface area (Å²) in [5.74, 6) is 0.347. The number of carbonyl (C=O) groups excluding carboxylic acids is 1. The first-order valence-electron chi connectivity index (χ1n) is 8.33. The van der Waals surface area contributed by atoms with E-state index in [0.717, 1.165) is 32.4 Å². The Morgan fingerprint density at radius 1 is 1.27 bits per heavy atom. The van der Waals surface area contributed by atoms with Gasteiger partial charge in [0.1, 0.15) is 0 Å². The van der Waals surface area contributed by atoms with Crippen LogP contribution in [-0.4, -0.2) is 37.6 Å². The summed E-state index contributed by atoms with van der Waals surface area (Å²) >= 11 is 0. The zero-order valence-electron chi connectivity index (χ0n) is 13.5. The first kappa shape index (κ1) is 15.3. The van der Waals surface area contributed by atoms with Gasteiger partial charge in [-0.05, 0) is 44.4 Å². The number of likely N-dealkylation sites (tertiary alicyclic amines) is 1. The third-order valence-electron chi connectivity index (χ3n) is 5.01. The van der Waals surface area contributed by atoms with E-state index in [0.29, 0.717) is 12.5 Å². The lowest BCUT2D eigenvalue weighted by Gasteiger charge is -2.41. The molecule has 2 aliphatic rings. The molecule has 118 valence electrons. The lowest BCUT2D eigenvalue weighted by molar-refractivity contribution is -0.150. The Balaban J connectivity index is 1.95. The maximum Gasteiger partial charge on any atom is 0.309 e. The van der Waals surface area contributed by atoms with Gasteiger partial charge in [0, 0.05) is 19.0 Å². The van der Waals surface area contributed by atoms with Crippen molar-refractivity contribution in [1.82, 2.24) is 4.90 Å². The van der Waals surface area contributed by atoms with E-state index in [1.807, 2.05) is 6.92 Å². The monoisotopic (exact) mass is 299 g/mol. The van der Waals surface area contributed by atoms with Crippen molar-refractivity contribution in [3.05, 3.63) is 41.5 Å². The van der Waals surface area contributed by atoms with E-state index in [1.165, 1.54) is 16.7 Å². The molecule has 0 aromatic heterocycles. The molecule has 22 heavy (non-hydrogen) atoms. The fourth-order valence-electron chi connectivity index (χ4n) is 3.94. The number of carbonyl (C=O) groups is 1. The maximum atomic E-state index is 12.3. The van der Waals surface area contributed by atoms with Crippen LogP contribution in [0.2, 0.25) is 0 Å². The second-order valence-corrected chi connectivity index (χ2v) is 6.39. The van der Waals surface area contributed by atoms with Crippen molar-refractivity contribution in [2.75, 3.05) is 26.7 Å². The number of allylic oxidation sites excluding steroid dienone is 1. The van der Waals surface area contributed by atoms with E-state index in [1.54, 1.807) is 0 Å². The Labute approximate surface area is 133 Å². The van der Waals surface area contributed by atoms with E-state index >= 15 is 0 Å². The summed E-state index contributed by atoms with van der Waals surface area (Å²) < 4.78 is 5.33. The van der Waals surface area contributed by atoms with Crippen LogP contribution in [0.4, 0.5) is 0 Å². The minimum absolute atomic E-state index is 0.00703. The highest BCUT2D eigenvalue weighted by atomic mass is 16.5. The molecule has 0 saturated carbocycles. The normalized spacial score (nSPS) is 25.7. The van der Waals surface area contributed by atoms with Gasteiger partial charge in [-0.15, -0.1) is 0 Å². The summed E-state index contributed by atoms with van der Waals surface area (Å²) in [7, 11) is 2.15. The standard InChI is InChI=1S/C19H25NO2/c1-3-22-19(21)17-10-9-15(14-7-5-4-6-8-14)16-11-12-20(2)13-18(16)17/h4-8,17-18H,3,9-13H2,1-2H3. The largest absolute Gasteiger partial charge is 0.466 e. The zero-order chi connectivity index (χ0) is 15.5. The second kappa shape index (κ2) is 6.66. The SMILES string of the molecule is CCOC(=O)C1CCC(c2ccccc2)=C2CCN(C)CC21. The average molecular weight is 299 g/mol. The minimum atomic E-state index is -0.00703. The summed E-state index contributed by atoms with van der Waals surface area (Å²) in [6.45, 7) is 4.41. The summed E-state index contributed by atoms with van der Waals surface area (Å²) in [4.78, 5) is 14.7. The predicted octanol–water partition coefficient (Wildman–Crippen LogP) is 3.37. The van der Waals surface area contributed by atoms with E-state index in [-0.39, 0.29) is 11.9 Å². The van der Waals surface area contributed by atoms with Crippen LogP contribution >= 0.6 is 0 Å². The number of benzene rings is 1. The van der Waals surface area contributed by atoms with Gasteiger partial charge in [0.15, 0.2) is 0 Å². The first-order valence-corrected chi connectivity index (χ1v) is 8.33. The Morgan fingerprint density at radius 2 is 2.05 bits per heavy atom. The molecule has 2 atom stereocenters. The van der Waals surface area contributed by atoms with Crippen molar-refractivity contribution >= 4 is 11.5 Å². The van der Waals surface area contributed by atoms with Gasteiger partial charge in [0.25, 0.3) is 0 Å². The summed E-state index contributed by atoms with van der Waals surface area (Å²) in [5.41, 5.74) is 4.29. The van der Waals surface area contributed by atoms with Gasteiger partial charge in [-0.1, -0.05) is 35.9 Å². The molecule has 2 unspecified atom stereocenters. The average Bonchev–Trinajstić information content (AvgIpc) is 2.54. The van der Waals surface area contributed by atoms with Crippen LogP contribution in [-0.2, 0) is 9.53 Å². The van der Waals surface area contributed by atoms with Crippen LogP contribution in [0.25, 0.3) is 5.57 Å². The van der Waals surface area contributed by atoms with Crippen LogP contribution < -0.4 is 0 Å². The van der Waals surface area contributed by atoms with Crippen LogP contribution in [0.15, 0.2) is 35.9 Å². The number of piperidine rings is 1. The second-order valence-electron chi connectivity index (χ2n) is 6.39. The Morgan fingerprint density at radius 3 is 2.77 bits per heavy atom. The van der Waals surface area contributed by atoms with Crippen molar-refractivity contribution in [1.29, 1.82) is 0 Å². The molecule has 0 N–H and O–H groups in total. The third kappa shape index (κ3) is 2.95. The highest BCUT2D eigenvalue weighted by molar-refractivity contribution is 5.78. The molecule has 1 aromatic carbocycles. The van der Waals surface area contributed by atoms with Crippen molar-refractivity contribution < 1.29 is 9.53 Å². The quantitative estimate of drug-likeness (QED) is 0.802. The fraction of sp³-hybridized carbons (Fsp3) is 0.526. The number of rotatable bonds is 3. The van der Waals surface area contributed by atoms with E-state index < -0.39 is 0 Å². The fourth-order valence-corrected chi connectivity index (χ4v) is 3.94. The Kier molecular flexibility index (Phi) is 4.63. The molecular formula is C19H25NO2. The maximum absolute atomic E-state index is 12.3. The molecular weight excluding hydrogens is 274 g/mol. The van der Waals surface area contributed by atoms with E-state index in [9.17, 15) is 4.79 Å². The molecule has 3 rings (SSSR count). The predicted molar refractivity (Wildman–Crippen MR) is 88.3 cm³/mol. The topological polar surface area (TPSA) is 29.5 Å². The number of hydrogen-bond donors (Lipinski definition) is 0. The lowest BCUT2D eigenvalue weighted by atomic mass is 9.70. The van der Waals surface area contributed by atoms with Crippen molar-refractivity contribution in [3.8, 4) is 0 Å². The van der Waals surface area contributed by atoms with Crippen molar-refractivity contribution in [3.63, 3.8) is 0 Å². The smallest absolute Gasteiger partial charge is 0.309 e. The molecule has 1 aromatic rings. The van der Waals surface area contributed by atoms with Gasteiger partial charge >= 0.3 is 5.97 Å². The van der Waals surface area contributed by atoms with E-state index in [4.69, 9.17) is 4.74 Å². The molecule has 0 amide bonds. The molecule has 1 aliphatic heterocycles. The van der Waals surface area contributed by atoms with Gasteiger partial charge < -0.3 is 9.64 Å². The molecule has 3 nitrogen and oxygen atoms in total. The third-order valence-corrected chi connectivity index (χ3v) is 5.01. The van der Waals surface area contributed by atoms with Crippen LogP contribution in [0.1, 0.15) is 31.7 Å². The van der Waals surface area contributed by atoms with Crippen LogP contribution in [0, 0.1) is 11.8 Å². The van der Waals surface area contributed by atoms with Crippen molar-refractivity contribution in [2.24, 2.45) is 11.8 Å². The first-order chi connectivity index (χ1) is 10.7. The molecule has 1 fully saturated rings. The van der Waals surface area contributed by atoms with Gasteiger partial charge in [-0.2, -0.15) is 0 Å². The number of fused-ring (bicyclic) bond motifs is 1. The summed E-state index contributed by atoms with van der Waals surface area (Å²) in [5, 5.41) is 0. The number of hydrogen-bond acceptors (Lipinski definition) is 3. The van der Waals surface area contributed by atoms with Gasteiger partial charge in [0.2, 0.25) is 0 Å². The molecule has 3 heteroatoms. The molecule has 1 aliphatic carbocycles.